The van der Waals surface area contributed by atoms with E-state index < -0.39 is 0 Å². The van der Waals surface area contributed by atoms with Gasteiger partial charge in [-0.25, -0.2) is 4.98 Å². The second-order valence-corrected chi connectivity index (χ2v) is 10.6. The highest BCUT2D eigenvalue weighted by Crippen LogP contribution is 2.35. The van der Waals surface area contributed by atoms with Crippen molar-refractivity contribution in [2.24, 2.45) is 0 Å². The van der Waals surface area contributed by atoms with Gasteiger partial charge < -0.3 is 15.0 Å². The third-order valence-electron chi connectivity index (χ3n) is 6.67. The van der Waals surface area contributed by atoms with Crippen molar-refractivity contribution in [2.45, 2.75) is 33.4 Å². The molecule has 3 heterocycles. The molecule has 7 heteroatoms. The molecule has 182 valence electrons. The molecule has 1 unspecified atom stereocenters. The molecule has 0 amide bonds. The van der Waals surface area contributed by atoms with Gasteiger partial charge in [0.15, 0.2) is 0 Å². The van der Waals surface area contributed by atoms with E-state index in [0.717, 1.165) is 53.7 Å². The van der Waals surface area contributed by atoms with Gasteiger partial charge in [-0.05, 0) is 31.9 Å². The van der Waals surface area contributed by atoms with Crippen molar-refractivity contribution in [1.82, 2.24) is 20.2 Å². The lowest BCUT2D eigenvalue weighted by molar-refractivity contribution is 0.0333. The number of fused-ring (bicyclic) bond motifs is 1. The van der Waals surface area contributed by atoms with Crippen LogP contribution in [0.25, 0.3) is 21.3 Å². The Morgan fingerprint density at radius 2 is 1.69 bits per heavy atom. The molecule has 5 rings (SSSR count). The molecule has 1 saturated heterocycles. The molecule has 4 aromatic rings. The summed E-state index contributed by atoms with van der Waals surface area (Å²) in [4.78, 5) is 25.4. The Morgan fingerprint density at radius 1 is 1.03 bits per heavy atom. The predicted molar refractivity (Wildman–Crippen MR) is 143 cm³/mol. The molecule has 1 aliphatic rings. The number of aromatic amines is 1. The molecule has 0 radical (unpaired) electrons. The van der Waals surface area contributed by atoms with Crippen molar-refractivity contribution in [3.63, 3.8) is 0 Å². The number of ether oxygens (including phenoxy) is 1. The van der Waals surface area contributed by atoms with E-state index in [2.05, 4.69) is 84.5 Å². The van der Waals surface area contributed by atoms with Crippen LogP contribution >= 0.6 is 11.3 Å². The van der Waals surface area contributed by atoms with E-state index in [0.29, 0.717) is 17.8 Å². The van der Waals surface area contributed by atoms with Crippen molar-refractivity contribution in [3.05, 3.63) is 86.3 Å². The number of morpholine rings is 1. The van der Waals surface area contributed by atoms with E-state index >= 15 is 0 Å². The van der Waals surface area contributed by atoms with Crippen LogP contribution in [-0.2, 0) is 11.3 Å². The van der Waals surface area contributed by atoms with E-state index in [1.54, 1.807) is 11.3 Å². The van der Waals surface area contributed by atoms with Crippen LogP contribution in [0, 0.1) is 20.8 Å². The Kier molecular flexibility index (Phi) is 7.11. The van der Waals surface area contributed by atoms with Gasteiger partial charge in [-0.2, -0.15) is 0 Å². The van der Waals surface area contributed by atoms with Crippen LogP contribution < -0.4 is 10.9 Å². The molecule has 2 aromatic heterocycles. The van der Waals surface area contributed by atoms with Gasteiger partial charge in [-0.15, -0.1) is 11.3 Å². The molecule has 6 nitrogen and oxygen atoms in total. The zero-order chi connectivity index (χ0) is 24.4. The van der Waals surface area contributed by atoms with Gasteiger partial charge in [0, 0.05) is 36.1 Å². The number of benzene rings is 2. The number of H-pyrrole nitrogens is 1. The topological polar surface area (TPSA) is 70.2 Å². The summed E-state index contributed by atoms with van der Waals surface area (Å²) in [5.74, 6) is 0.665. The molecule has 0 aliphatic carbocycles. The molecule has 1 atom stereocenters. The van der Waals surface area contributed by atoms with Crippen LogP contribution in [0.15, 0.2) is 53.3 Å². The molecule has 0 bridgehead atoms. The minimum atomic E-state index is -0.0770. The first-order valence-electron chi connectivity index (χ1n) is 12.2. The first kappa shape index (κ1) is 23.9. The summed E-state index contributed by atoms with van der Waals surface area (Å²) in [6, 6.07) is 17.1. The summed E-state index contributed by atoms with van der Waals surface area (Å²) >= 11 is 1.59. The van der Waals surface area contributed by atoms with Crippen molar-refractivity contribution in [3.8, 4) is 11.1 Å². The number of aromatic nitrogens is 2. The predicted octanol–water partition coefficient (Wildman–Crippen LogP) is 4.74. The van der Waals surface area contributed by atoms with Crippen LogP contribution in [0.2, 0.25) is 0 Å². The first-order chi connectivity index (χ1) is 17.0. The van der Waals surface area contributed by atoms with Crippen molar-refractivity contribution >= 4 is 21.6 Å². The van der Waals surface area contributed by atoms with Gasteiger partial charge in [0.25, 0.3) is 5.56 Å². The fourth-order valence-electron chi connectivity index (χ4n) is 4.66. The Balaban J connectivity index is 1.40. The maximum atomic E-state index is 13.2. The van der Waals surface area contributed by atoms with Crippen LogP contribution in [0.1, 0.15) is 33.4 Å². The molecule has 1 aliphatic heterocycles. The third-order valence-corrected chi connectivity index (χ3v) is 7.67. The number of hydrogen-bond donors (Lipinski definition) is 2. The highest BCUT2D eigenvalue weighted by Gasteiger charge is 2.20. The summed E-state index contributed by atoms with van der Waals surface area (Å²) in [5, 5.41) is 4.34. The first-order valence-corrected chi connectivity index (χ1v) is 13.0. The van der Waals surface area contributed by atoms with Gasteiger partial charge in [0.1, 0.15) is 10.7 Å². The lowest BCUT2D eigenvalue weighted by Gasteiger charge is -2.31. The Morgan fingerprint density at radius 3 is 2.37 bits per heavy atom. The van der Waals surface area contributed by atoms with Gasteiger partial charge in [-0.1, -0.05) is 59.7 Å². The van der Waals surface area contributed by atoms with Crippen molar-refractivity contribution < 1.29 is 4.74 Å². The number of hydrogen-bond acceptors (Lipinski definition) is 6. The average Bonchev–Trinajstić information content (AvgIpc) is 3.20. The Bertz CT molecular complexity index is 1350. The van der Waals surface area contributed by atoms with E-state index in [1.165, 1.54) is 16.7 Å². The third kappa shape index (κ3) is 5.38. The molecule has 0 spiro atoms. The largest absolute Gasteiger partial charge is 0.379 e. The smallest absolute Gasteiger partial charge is 0.260 e. The van der Waals surface area contributed by atoms with E-state index in [-0.39, 0.29) is 11.6 Å². The zero-order valence-corrected chi connectivity index (χ0v) is 21.4. The monoisotopic (exact) mass is 488 g/mol. The zero-order valence-electron chi connectivity index (χ0n) is 20.6. The molecule has 1 fully saturated rings. The second-order valence-electron chi connectivity index (χ2n) is 9.35. The van der Waals surface area contributed by atoms with Gasteiger partial charge in [0.05, 0.1) is 25.1 Å². The maximum absolute atomic E-state index is 13.2. The normalized spacial score (nSPS) is 15.5. The number of aryl methyl sites for hydroxylation is 3. The molecular weight excluding hydrogens is 456 g/mol. The van der Waals surface area contributed by atoms with Crippen molar-refractivity contribution in [1.29, 1.82) is 0 Å². The quantitative estimate of drug-likeness (QED) is 0.393. The summed E-state index contributed by atoms with van der Waals surface area (Å²) in [5.41, 5.74) is 5.65. The standard InChI is InChI=1S/C28H32N4O2S/c1-18-4-8-21(9-5-18)23(17-32-12-14-34-15-13-32)29-16-24-30-27(33)26-25(20(3)35-28(26)31-24)22-10-6-19(2)7-11-22/h4-11,23,29H,12-17H2,1-3H3,(H,30,31,33). The maximum Gasteiger partial charge on any atom is 0.260 e. The molecular formula is C28H32N4O2S. The van der Waals surface area contributed by atoms with Crippen LogP contribution in [0.4, 0.5) is 0 Å². The number of rotatable bonds is 7. The fourth-order valence-corrected chi connectivity index (χ4v) is 5.73. The summed E-state index contributed by atoms with van der Waals surface area (Å²) < 4.78 is 5.52. The van der Waals surface area contributed by atoms with E-state index in [9.17, 15) is 4.79 Å². The van der Waals surface area contributed by atoms with Crippen LogP contribution in [0.3, 0.4) is 0 Å². The van der Waals surface area contributed by atoms with E-state index in [1.807, 2.05) is 0 Å². The average molecular weight is 489 g/mol. The lowest BCUT2D eigenvalue weighted by atomic mass is 10.0. The van der Waals surface area contributed by atoms with E-state index in [4.69, 9.17) is 9.72 Å². The number of nitrogens with one attached hydrogen (secondary N) is 2. The number of nitrogens with zero attached hydrogens (tertiary/aromatic N) is 2. The van der Waals surface area contributed by atoms with Gasteiger partial charge >= 0.3 is 0 Å². The van der Waals surface area contributed by atoms with Crippen LogP contribution in [-0.4, -0.2) is 47.7 Å². The highest BCUT2D eigenvalue weighted by molar-refractivity contribution is 7.19. The number of thiophene rings is 1. The van der Waals surface area contributed by atoms with Gasteiger partial charge in [0.2, 0.25) is 0 Å². The van der Waals surface area contributed by atoms with Crippen LogP contribution in [0.5, 0.6) is 0 Å². The summed E-state index contributed by atoms with van der Waals surface area (Å²) in [6.45, 7) is 11.0. The summed E-state index contributed by atoms with van der Waals surface area (Å²) in [7, 11) is 0. The molecule has 0 saturated carbocycles. The Hall–Kier alpha value is -2.84. The van der Waals surface area contributed by atoms with Gasteiger partial charge in [-0.3, -0.25) is 9.69 Å². The minimum Gasteiger partial charge on any atom is -0.379 e. The molecule has 2 aromatic carbocycles. The SMILES string of the molecule is Cc1ccc(-c2c(C)sc3nc(CNC(CN4CCOCC4)c4ccc(C)cc4)[nH]c(=O)c23)cc1. The molecule has 2 N–H and O–H groups in total. The highest BCUT2D eigenvalue weighted by atomic mass is 32.1. The minimum absolute atomic E-state index is 0.0770. The second kappa shape index (κ2) is 10.4. The fraction of sp³-hybridized carbons (Fsp3) is 0.357. The lowest BCUT2D eigenvalue weighted by Crippen LogP contribution is -2.42. The van der Waals surface area contributed by atoms with Crippen molar-refractivity contribution in [2.75, 3.05) is 32.8 Å². The summed E-state index contributed by atoms with van der Waals surface area (Å²) in [6.07, 6.45) is 0. The Labute approximate surface area is 210 Å². The molecule has 35 heavy (non-hydrogen) atoms.